The second-order valence-electron chi connectivity index (χ2n) is 10.5. The summed E-state index contributed by atoms with van der Waals surface area (Å²) in [6, 6.07) is 13.7. The van der Waals surface area contributed by atoms with Crippen molar-refractivity contribution in [3.63, 3.8) is 0 Å². The van der Waals surface area contributed by atoms with Crippen molar-refractivity contribution >= 4 is 11.7 Å². The smallest absolute Gasteiger partial charge is 0 e. The minimum absolute atomic E-state index is 0. The van der Waals surface area contributed by atoms with E-state index >= 15 is 0 Å². The molecule has 2 N–H and O–H groups in total. The minimum Gasteiger partial charge on any atom is 0 e. The van der Waals surface area contributed by atoms with Gasteiger partial charge in [-0.1, -0.05) is 12.2 Å². The molecule has 1 aromatic rings. The first-order valence-electron chi connectivity index (χ1n) is 11.6. The van der Waals surface area contributed by atoms with Crippen molar-refractivity contribution in [3.05, 3.63) is 75.8 Å². The van der Waals surface area contributed by atoms with Crippen LogP contribution in [-0.2, 0) is 44.2 Å². The van der Waals surface area contributed by atoms with Crippen LogP contribution in [0.25, 0.3) is 0 Å². The van der Waals surface area contributed by atoms with Crippen molar-refractivity contribution in [2.24, 2.45) is 0 Å². The molecule has 0 aromatic heterocycles. The molecule has 169 valence electrons. The zero-order valence-corrected chi connectivity index (χ0v) is 28.0. The predicted octanol–water partition coefficient (Wildman–Crippen LogP) is 7.62. The van der Waals surface area contributed by atoms with E-state index in [4.69, 9.17) is 0 Å². The predicted molar refractivity (Wildman–Crippen MR) is 136 cm³/mol. The number of allylic oxidation sites excluding steroid dienone is 7. The maximum atomic E-state index is 4.15. The molecule has 1 aromatic carbocycles. The molecule has 0 spiro atoms. The fraction of sp³-hybridized carbons (Fsp3) is 0.462. The van der Waals surface area contributed by atoms with Crippen LogP contribution in [0.5, 0.6) is 0 Å². The first kappa shape index (κ1) is 28.8. The first-order valence-corrected chi connectivity index (χ1v) is 30.8. The fourth-order valence-corrected chi connectivity index (χ4v) is 55.3. The quantitative estimate of drug-likeness (QED) is 0.290. The van der Waals surface area contributed by atoms with Gasteiger partial charge in [-0.25, -0.2) is 0 Å². The molecule has 0 heterocycles. The fourth-order valence-electron chi connectivity index (χ4n) is 4.96. The molecule has 0 aliphatic heterocycles. The summed E-state index contributed by atoms with van der Waals surface area (Å²) in [4.78, 5) is 0. The topological polar surface area (TPSA) is 24.1 Å². The zero-order valence-electron chi connectivity index (χ0n) is 20.8. The Morgan fingerprint density at radius 1 is 0.903 bits per heavy atom. The maximum Gasteiger partial charge on any atom is 0 e. The molecular weight excluding hydrogens is 638 g/mol. The van der Waals surface area contributed by atoms with Gasteiger partial charge in [-0.2, -0.15) is 0 Å². The second-order valence-corrected chi connectivity index (χ2v) is 57.6. The van der Waals surface area contributed by atoms with Crippen LogP contribution in [-0.4, -0.2) is 11.5 Å². The molecule has 0 saturated carbocycles. The van der Waals surface area contributed by atoms with Gasteiger partial charge < -0.3 is 5.32 Å². The van der Waals surface area contributed by atoms with Crippen molar-refractivity contribution < 1.29 is 44.2 Å². The number of hydrogen-bond acceptors (Lipinski definition) is 2. The van der Waals surface area contributed by atoms with E-state index in [0.717, 1.165) is 6.42 Å². The van der Waals surface area contributed by atoms with Crippen molar-refractivity contribution in [2.45, 2.75) is 74.4 Å². The minimum atomic E-state index is -3.16. The van der Waals surface area contributed by atoms with E-state index in [1.54, 1.807) is 3.33 Å². The van der Waals surface area contributed by atoms with Crippen LogP contribution in [0.4, 0.5) is 5.69 Å². The monoisotopic (exact) mass is 681 g/mol. The summed E-state index contributed by atoms with van der Waals surface area (Å²) in [5.74, 6) is -0.760. The number of rotatable bonds is 7. The Kier molecular flexibility index (Phi) is 11.4. The van der Waals surface area contributed by atoms with E-state index in [-0.39, 0.29) is 31.7 Å². The Labute approximate surface area is 213 Å². The number of nitrogens with one attached hydrogen (secondary N) is 2. The Hall–Kier alpha value is -0.250. The normalized spacial score (nSPS) is 16.5. The van der Waals surface area contributed by atoms with Crippen LogP contribution in [0.3, 0.4) is 0 Å². The average molecular weight is 681 g/mol. The van der Waals surface area contributed by atoms with Gasteiger partial charge in [-0.3, -0.25) is 0 Å². The summed E-state index contributed by atoms with van der Waals surface area (Å²) < 4.78 is 11.2. The van der Waals surface area contributed by atoms with Crippen LogP contribution >= 0.6 is 0 Å². The summed E-state index contributed by atoms with van der Waals surface area (Å²) in [5, 5.41) is 3.42. The molecule has 0 bridgehead atoms. The van der Waals surface area contributed by atoms with Gasteiger partial charge in [0.15, 0.2) is 0 Å². The molecule has 0 unspecified atom stereocenters. The van der Waals surface area contributed by atoms with Crippen LogP contribution in [0, 0.1) is 0 Å². The van der Waals surface area contributed by atoms with Crippen LogP contribution in [0.2, 0.25) is 21.4 Å². The molecule has 0 radical (unpaired) electrons. The van der Waals surface area contributed by atoms with E-state index in [9.17, 15) is 0 Å². The number of benzene rings is 1. The number of anilines is 1. The van der Waals surface area contributed by atoms with Crippen LogP contribution in [0.1, 0.15) is 47.5 Å². The summed E-state index contributed by atoms with van der Waals surface area (Å²) in [7, 11) is 0. The van der Waals surface area contributed by atoms with Crippen LogP contribution in [0.15, 0.2) is 75.8 Å². The summed E-state index contributed by atoms with van der Waals surface area (Å²) in [5.41, 5.74) is 2.87. The molecule has 2 aliphatic carbocycles. The van der Waals surface area contributed by atoms with E-state index in [0.29, 0.717) is 0 Å². The first-order chi connectivity index (χ1) is 14.1. The summed E-state index contributed by atoms with van der Waals surface area (Å²) >= 11 is -3.16. The Balaban J connectivity index is 0.000000370. The van der Waals surface area contributed by atoms with Crippen molar-refractivity contribution in [1.82, 2.24) is 5.32 Å². The molecule has 5 heteroatoms. The van der Waals surface area contributed by atoms with E-state index in [2.05, 4.69) is 119 Å². The van der Waals surface area contributed by atoms with Gasteiger partial charge in [0.1, 0.15) is 0 Å². The molecular formula is C26H43HfN2SiZr. The summed E-state index contributed by atoms with van der Waals surface area (Å²) in [6.07, 6.45) is 15.7. The largest absolute Gasteiger partial charge is 0 e. The van der Waals surface area contributed by atoms with E-state index < -0.39 is 23.9 Å². The van der Waals surface area contributed by atoms with Crippen molar-refractivity contribution in [3.8, 4) is 0 Å². The second kappa shape index (κ2) is 12.3. The zero-order chi connectivity index (χ0) is 22.3. The van der Waals surface area contributed by atoms with E-state index in [1.165, 1.54) is 29.9 Å². The van der Waals surface area contributed by atoms with Crippen LogP contribution < -0.4 is 8.62 Å². The molecule has 2 aliphatic rings. The van der Waals surface area contributed by atoms with E-state index in [1.807, 2.05) is 0 Å². The van der Waals surface area contributed by atoms with Gasteiger partial charge >= 0.3 is 127 Å². The SMILES string of the molecule is CC(C)(C)NC1=CC=CC1.CC[SiH](CC)[Hf]([CH3])([CH3])([NH]c1ccccc1)[C]1=CC=CC1.[Zr]. The van der Waals surface area contributed by atoms with Gasteiger partial charge in [0, 0.05) is 43.9 Å². The van der Waals surface area contributed by atoms with Gasteiger partial charge in [0.25, 0.3) is 0 Å². The Bertz CT molecular complexity index is 816. The van der Waals surface area contributed by atoms with Crippen molar-refractivity contribution in [1.29, 1.82) is 0 Å². The van der Waals surface area contributed by atoms with Gasteiger partial charge in [0.2, 0.25) is 0 Å². The summed E-state index contributed by atoms with van der Waals surface area (Å²) in [6.45, 7) is 11.3. The number of hydrogen-bond donors (Lipinski definition) is 2. The number of para-hydroxylation sites is 1. The van der Waals surface area contributed by atoms with Gasteiger partial charge in [0.05, 0.1) is 0 Å². The third-order valence-electron chi connectivity index (χ3n) is 6.58. The Morgan fingerprint density at radius 2 is 1.48 bits per heavy atom. The average Bonchev–Trinajstić information content (AvgIpc) is 3.37. The van der Waals surface area contributed by atoms with Gasteiger partial charge in [-0.05, 0) is 26.8 Å². The molecule has 0 saturated heterocycles. The third-order valence-corrected chi connectivity index (χ3v) is 62.7. The molecule has 0 atom stereocenters. The molecule has 0 amide bonds. The van der Waals surface area contributed by atoms with Gasteiger partial charge in [-0.15, -0.1) is 0 Å². The molecule has 31 heavy (non-hydrogen) atoms. The Morgan fingerprint density at radius 3 is 1.94 bits per heavy atom. The third kappa shape index (κ3) is 8.23. The molecule has 3 rings (SSSR count). The molecule has 0 fully saturated rings. The standard InChI is InChI=1S/C9H15N.C6H6N.C5H5.C4H11Si.2CH3.Hf.Zr/c1-9(2,3)10-8-6-4-5-7-8;7-6-4-2-1-3-5-6;1-2-4-5-3-1;1-3-5-4-2;;;;/h4-6,10H,7H2,1-3H3;1-5,7H;1-3H,4H2;5H,3-4H2,1-2H3;2*1H3;;/q;-1;;;;;+1;. The maximum absolute atomic E-state index is 4.15. The van der Waals surface area contributed by atoms with Crippen molar-refractivity contribution in [2.75, 3.05) is 3.30 Å². The molecule has 2 nitrogen and oxygen atoms in total.